The molecule has 4 nitrogen and oxygen atoms in total. The van der Waals surface area contributed by atoms with E-state index in [9.17, 15) is 0 Å². The van der Waals surface area contributed by atoms with Crippen LogP contribution < -0.4 is 0 Å². The van der Waals surface area contributed by atoms with Gasteiger partial charge in [0, 0.05) is 29.6 Å². The van der Waals surface area contributed by atoms with Crippen molar-refractivity contribution in [2.45, 2.75) is 6.42 Å². The maximum Gasteiger partial charge on any atom is 0.136 e. The van der Waals surface area contributed by atoms with E-state index in [2.05, 4.69) is 20.2 Å². The van der Waals surface area contributed by atoms with Gasteiger partial charge in [-0.25, -0.2) is 4.98 Å². The third-order valence-corrected chi connectivity index (χ3v) is 4.22. The van der Waals surface area contributed by atoms with Gasteiger partial charge in [0.15, 0.2) is 0 Å². The van der Waals surface area contributed by atoms with Gasteiger partial charge in [-0.2, -0.15) is 5.10 Å². The number of rotatable bonds is 2. The molecule has 0 saturated heterocycles. The van der Waals surface area contributed by atoms with E-state index in [-0.39, 0.29) is 0 Å². The number of benzene rings is 1. The molecular weight excluding hydrogens is 319 g/mol. The molecule has 0 aliphatic carbocycles. The van der Waals surface area contributed by atoms with Crippen molar-refractivity contribution in [3.8, 4) is 0 Å². The Morgan fingerprint density at radius 3 is 2.86 bits per heavy atom. The molecule has 0 fully saturated rings. The highest BCUT2D eigenvalue weighted by molar-refractivity contribution is 6.39. The van der Waals surface area contributed by atoms with Gasteiger partial charge in [-0.05, 0) is 23.8 Å². The van der Waals surface area contributed by atoms with Crippen LogP contribution in [0.2, 0.25) is 10.2 Å². The zero-order valence-electron chi connectivity index (χ0n) is 11.3. The second-order valence-corrected chi connectivity index (χ2v) is 5.79. The predicted octanol–water partition coefficient (Wildman–Crippen LogP) is 4.40. The Labute approximate surface area is 136 Å². The maximum atomic E-state index is 6.22. The predicted molar refractivity (Wildman–Crippen MR) is 88.5 cm³/mol. The van der Waals surface area contributed by atoms with Crippen molar-refractivity contribution in [1.29, 1.82) is 0 Å². The number of nitrogens with one attached hydrogen (secondary N) is 1. The van der Waals surface area contributed by atoms with Crippen LogP contribution >= 0.6 is 23.2 Å². The van der Waals surface area contributed by atoms with Crippen molar-refractivity contribution in [3.05, 3.63) is 64.2 Å². The highest BCUT2D eigenvalue weighted by atomic mass is 35.5. The molecule has 0 radical (unpaired) electrons. The van der Waals surface area contributed by atoms with Crippen LogP contribution in [0.25, 0.3) is 21.8 Å². The van der Waals surface area contributed by atoms with Crippen molar-refractivity contribution in [2.75, 3.05) is 0 Å². The van der Waals surface area contributed by atoms with Crippen molar-refractivity contribution in [1.82, 2.24) is 20.2 Å². The summed E-state index contributed by atoms with van der Waals surface area (Å²) in [5, 5.41) is 10.1. The number of hydrogen-bond donors (Lipinski definition) is 1. The van der Waals surface area contributed by atoms with Crippen LogP contribution in [0.1, 0.15) is 11.3 Å². The average Bonchev–Trinajstić information content (AvgIpc) is 2.94. The normalized spacial score (nSPS) is 11.4. The molecule has 4 aromatic rings. The van der Waals surface area contributed by atoms with Gasteiger partial charge >= 0.3 is 0 Å². The third-order valence-electron chi connectivity index (χ3n) is 3.62. The molecule has 108 valence electrons. The summed E-state index contributed by atoms with van der Waals surface area (Å²) < 4.78 is 0. The Morgan fingerprint density at radius 2 is 1.95 bits per heavy atom. The molecule has 1 N–H and O–H groups in total. The highest BCUT2D eigenvalue weighted by Crippen LogP contribution is 2.29. The first kappa shape index (κ1) is 13.5. The van der Waals surface area contributed by atoms with Crippen LogP contribution in [0.4, 0.5) is 0 Å². The summed E-state index contributed by atoms with van der Waals surface area (Å²) in [7, 11) is 0. The van der Waals surface area contributed by atoms with Gasteiger partial charge in [0.05, 0.1) is 10.7 Å². The lowest BCUT2D eigenvalue weighted by Crippen LogP contribution is -1.91. The van der Waals surface area contributed by atoms with Crippen LogP contribution in [-0.4, -0.2) is 20.2 Å². The summed E-state index contributed by atoms with van der Waals surface area (Å²) in [5.74, 6) is 0. The third kappa shape index (κ3) is 2.21. The van der Waals surface area contributed by atoms with Gasteiger partial charge in [-0.1, -0.05) is 35.3 Å². The molecule has 0 atom stereocenters. The number of aromatic nitrogens is 4. The van der Waals surface area contributed by atoms with Crippen LogP contribution in [0.3, 0.4) is 0 Å². The quantitative estimate of drug-likeness (QED) is 0.555. The first-order valence-corrected chi connectivity index (χ1v) is 7.48. The fraction of sp³-hybridized carbons (Fsp3) is 0.0625. The molecule has 4 rings (SSSR count). The Hall–Kier alpha value is -2.17. The van der Waals surface area contributed by atoms with Gasteiger partial charge < -0.3 is 0 Å². The number of pyridine rings is 2. The lowest BCUT2D eigenvalue weighted by Gasteiger charge is -2.05. The first-order chi connectivity index (χ1) is 10.7. The van der Waals surface area contributed by atoms with Gasteiger partial charge in [0.25, 0.3) is 0 Å². The van der Waals surface area contributed by atoms with E-state index in [1.54, 1.807) is 12.4 Å². The highest BCUT2D eigenvalue weighted by Gasteiger charge is 2.09. The summed E-state index contributed by atoms with van der Waals surface area (Å²) in [6.45, 7) is 0. The SMILES string of the molecule is Clc1cnc(Cl)c2ccc(Cc3[nH]nc4cccnc34)cc12. The number of halogens is 2. The molecule has 0 aliphatic rings. The minimum Gasteiger partial charge on any atom is -0.279 e. The standard InChI is InChI=1S/C16H10Cl2N4/c17-12-8-20-16(18)10-4-3-9(6-11(10)12)7-14-15-13(21-22-14)2-1-5-19-15/h1-6,8H,7H2,(H,21,22). The molecule has 0 unspecified atom stereocenters. The molecule has 0 amide bonds. The molecule has 3 heterocycles. The minimum absolute atomic E-state index is 0.458. The molecule has 6 heteroatoms. The zero-order valence-corrected chi connectivity index (χ0v) is 12.9. The molecule has 22 heavy (non-hydrogen) atoms. The van der Waals surface area contributed by atoms with Crippen LogP contribution in [0.15, 0.2) is 42.7 Å². The first-order valence-electron chi connectivity index (χ1n) is 6.73. The van der Waals surface area contributed by atoms with Gasteiger partial charge in [0.2, 0.25) is 0 Å². The molecule has 1 aromatic carbocycles. The summed E-state index contributed by atoms with van der Waals surface area (Å²) >= 11 is 12.3. The van der Waals surface area contributed by atoms with E-state index >= 15 is 0 Å². The lowest BCUT2D eigenvalue weighted by molar-refractivity contribution is 1.01. The second-order valence-electron chi connectivity index (χ2n) is 5.03. The topological polar surface area (TPSA) is 54.5 Å². The van der Waals surface area contributed by atoms with Crippen molar-refractivity contribution >= 4 is 45.0 Å². The number of fused-ring (bicyclic) bond motifs is 2. The average molecular weight is 329 g/mol. The van der Waals surface area contributed by atoms with E-state index in [0.717, 1.165) is 33.1 Å². The maximum absolute atomic E-state index is 6.22. The molecule has 0 saturated carbocycles. The van der Waals surface area contributed by atoms with Crippen LogP contribution in [0.5, 0.6) is 0 Å². The van der Waals surface area contributed by atoms with Gasteiger partial charge in [-0.3, -0.25) is 10.1 Å². The van der Waals surface area contributed by atoms with Crippen molar-refractivity contribution in [2.24, 2.45) is 0 Å². The lowest BCUT2D eigenvalue weighted by atomic mass is 10.0. The Kier molecular flexibility index (Phi) is 3.21. The zero-order chi connectivity index (χ0) is 15.1. The van der Waals surface area contributed by atoms with Gasteiger partial charge in [0.1, 0.15) is 16.2 Å². The molecule has 0 spiro atoms. The minimum atomic E-state index is 0.458. The van der Waals surface area contributed by atoms with Crippen molar-refractivity contribution < 1.29 is 0 Å². The van der Waals surface area contributed by atoms with E-state index in [4.69, 9.17) is 23.2 Å². The smallest absolute Gasteiger partial charge is 0.136 e. The number of hydrogen-bond acceptors (Lipinski definition) is 3. The Bertz CT molecular complexity index is 994. The summed E-state index contributed by atoms with van der Waals surface area (Å²) in [6, 6.07) is 9.79. The van der Waals surface area contributed by atoms with E-state index in [1.165, 1.54) is 0 Å². The fourth-order valence-corrected chi connectivity index (χ4v) is 2.98. The molecular formula is C16H10Cl2N4. The van der Waals surface area contributed by atoms with Crippen molar-refractivity contribution in [3.63, 3.8) is 0 Å². The van der Waals surface area contributed by atoms with Crippen LogP contribution in [0, 0.1) is 0 Å². The Balaban J connectivity index is 1.80. The van der Waals surface area contributed by atoms with E-state index in [1.807, 2.05) is 30.3 Å². The number of H-pyrrole nitrogens is 1. The Morgan fingerprint density at radius 1 is 1.05 bits per heavy atom. The largest absolute Gasteiger partial charge is 0.279 e. The second kappa shape index (κ2) is 5.23. The monoisotopic (exact) mass is 328 g/mol. The molecule has 0 aliphatic heterocycles. The fourth-order valence-electron chi connectivity index (χ4n) is 2.56. The van der Waals surface area contributed by atoms with Crippen LogP contribution in [-0.2, 0) is 6.42 Å². The summed E-state index contributed by atoms with van der Waals surface area (Å²) in [6.07, 6.45) is 4.03. The summed E-state index contributed by atoms with van der Waals surface area (Å²) in [5.41, 5.74) is 3.84. The number of aromatic amines is 1. The van der Waals surface area contributed by atoms with E-state index < -0.39 is 0 Å². The van der Waals surface area contributed by atoms with Gasteiger partial charge in [-0.15, -0.1) is 0 Å². The molecule has 3 aromatic heterocycles. The molecule has 0 bridgehead atoms. The number of nitrogens with zero attached hydrogens (tertiary/aromatic N) is 3. The summed E-state index contributed by atoms with van der Waals surface area (Å²) in [4.78, 5) is 8.44. The van der Waals surface area contributed by atoms with E-state index in [0.29, 0.717) is 16.6 Å².